The second-order valence-corrected chi connectivity index (χ2v) is 5.80. The standard InChI is InChI=1S/C14H16N2O2S/c17-13-12(15-14(18)16(13)11-6-7-11)9-19-8-10-4-2-1-3-5-10/h1-5,11,17H,6-9H2,(H,15,18). The van der Waals surface area contributed by atoms with Crippen LogP contribution in [0.4, 0.5) is 0 Å². The van der Waals surface area contributed by atoms with Gasteiger partial charge in [-0.3, -0.25) is 4.57 Å². The van der Waals surface area contributed by atoms with Gasteiger partial charge in [-0.15, -0.1) is 0 Å². The normalized spacial score (nSPS) is 14.7. The number of rotatable bonds is 5. The zero-order valence-corrected chi connectivity index (χ0v) is 11.3. The van der Waals surface area contributed by atoms with Crippen molar-refractivity contribution in [2.75, 3.05) is 0 Å². The van der Waals surface area contributed by atoms with Crippen molar-refractivity contribution >= 4 is 11.8 Å². The number of hydrogen-bond acceptors (Lipinski definition) is 3. The van der Waals surface area contributed by atoms with E-state index in [9.17, 15) is 9.90 Å². The Balaban J connectivity index is 1.64. The van der Waals surface area contributed by atoms with E-state index in [1.165, 1.54) is 10.1 Å². The lowest BCUT2D eigenvalue weighted by atomic mass is 10.2. The Labute approximate surface area is 115 Å². The summed E-state index contributed by atoms with van der Waals surface area (Å²) in [5, 5.41) is 10.0. The van der Waals surface area contributed by atoms with E-state index < -0.39 is 0 Å². The molecule has 0 bridgehead atoms. The molecule has 1 aliphatic rings. The smallest absolute Gasteiger partial charge is 0.328 e. The quantitative estimate of drug-likeness (QED) is 0.882. The molecule has 1 aromatic heterocycles. The Kier molecular flexibility index (Phi) is 3.38. The lowest BCUT2D eigenvalue weighted by molar-refractivity contribution is 0.411. The summed E-state index contributed by atoms with van der Waals surface area (Å²) in [6, 6.07) is 10.4. The molecular weight excluding hydrogens is 260 g/mol. The number of imidazole rings is 1. The van der Waals surface area contributed by atoms with E-state index in [-0.39, 0.29) is 17.6 Å². The summed E-state index contributed by atoms with van der Waals surface area (Å²) in [6.07, 6.45) is 1.98. The summed E-state index contributed by atoms with van der Waals surface area (Å²) in [7, 11) is 0. The molecule has 2 N–H and O–H groups in total. The van der Waals surface area contributed by atoms with E-state index in [4.69, 9.17) is 0 Å². The van der Waals surface area contributed by atoms with Crippen LogP contribution in [0.5, 0.6) is 5.88 Å². The fourth-order valence-corrected chi connectivity index (χ4v) is 3.04. The number of aromatic nitrogens is 2. The number of hydrogen-bond donors (Lipinski definition) is 2. The Morgan fingerprint density at radius 1 is 1.26 bits per heavy atom. The van der Waals surface area contributed by atoms with Crippen molar-refractivity contribution in [3.05, 3.63) is 52.1 Å². The molecule has 4 nitrogen and oxygen atoms in total. The molecule has 0 spiro atoms. The number of nitrogens with zero attached hydrogens (tertiary/aromatic N) is 1. The molecule has 0 amide bonds. The first kappa shape index (κ1) is 12.4. The first-order valence-electron chi connectivity index (χ1n) is 6.39. The third-order valence-corrected chi connectivity index (χ3v) is 4.27. The third-order valence-electron chi connectivity index (χ3n) is 3.24. The molecule has 1 heterocycles. The highest BCUT2D eigenvalue weighted by atomic mass is 32.2. The lowest BCUT2D eigenvalue weighted by Crippen LogP contribution is -2.14. The number of aromatic hydroxyl groups is 1. The molecule has 2 aromatic rings. The molecule has 1 aromatic carbocycles. The number of H-pyrrole nitrogens is 1. The first-order valence-corrected chi connectivity index (χ1v) is 7.55. The molecule has 0 atom stereocenters. The van der Waals surface area contributed by atoms with Gasteiger partial charge >= 0.3 is 5.69 Å². The van der Waals surface area contributed by atoms with Crippen LogP contribution in [-0.2, 0) is 11.5 Å². The maximum absolute atomic E-state index is 11.7. The summed E-state index contributed by atoms with van der Waals surface area (Å²) in [6.45, 7) is 0. The predicted octanol–water partition coefficient (Wildman–Crippen LogP) is 2.65. The van der Waals surface area contributed by atoms with Gasteiger partial charge in [-0.2, -0.15) is 11.8 Å². The van der Waals surface area contributed by atoms with Gasteiger partial charge in [0.25, 0.3) is 0 Å². The minimum absolute atomic E-state index is 0.119. The van der Waals surface area contributed by atoms with Crippen molar-refractivity contribution in [3.8, 4) is 5.88 Å². The fourth-order valence-electron chi connectivity index (χ4n) is 2.10. The maximum atomic E-state index is 11.7. The number of benzene rings is 1. The van der Waals surface area contributed by atoms with Gasteiger partial charge in [0.15, 0.2) is 0 Å². The largest absolute Gasteiger partial charge is 0.493 e. The van der Waals surface area contributed by atoms with E-state index in [1.807, 2.05) is 18.2 Å². The van der Waals surface area contributed by atoms with Gasteiger partial charge in [0.1, 0.15) is 0 Å². The van der Waals surface area contributed by atoms with E-state index in [2.05, 4.69) is 17.1 Å². The Bertz CT molecular complexity index is 614. The van der Waals surface area contributed by atoms with Crippen molar-refractivity contribution in [2.45, 2.75) is 30.4 Å². The molecule has 1 aliphatic carbocycles. The van der Waals surface area contributed by atoms with Gasteiger partial charge in [-0.05, 0) is 18.4 Å². The van der Waals surface area contributed by atoms with Gasteiger partial charge in [0.05, 0.1) is 5.69 Å². The van der Waals surface area contributed by atoms with Crippen LogP contribution < -0.4 is 5.69 Å². The minimum atomic E-state index is -0.185. The molecule has 0 saturated heterocycles. The average Bonchev–Trinajstić information content (AvgIpc) is 3.19. The van der Waals surface area contributed by atoms with E-state index in [1.54, 1.807) is 11.8 Å². The van der Waals surface area contributed by atoms with Gasteiger partial charge in [-0.1, -0.05) is 30.3 Å². The molecule has 19 heavy (non-hydrogen) atoms. The third kappa shape index (κ3) is 2.71. The average molecular weight is 276 g/mol. The van der Waals surface area contributed by atoms with Crippen molar-refractivity contribution in [3.63, 3.8) is 0 Å². The molecular formula is C14H16N2O2S. The van der Waals surface area contributed by atoms with Crippen LogP contribution in [0.15, 0.2) is 35.1 Å². The summed E-state index contributed by atoms with van der Waals surface area (Å²) < 4.78 is 1.48. The van der Waals surface area contributed by atoms with Gasteiger partial charge in [0, 0.05) is 17.5 Å². The van der Waals surface area contributed by atoms with Crippen LogP contribution in [0.3, 0.4) is 0 Å². The zero-order chi connectivity index (χ0) is 13.2. The van der Waals surface area contributed by atoms with E-state index in [0.29, 0.717) is 11.4 Å². The van der Waals surface area contributed by atoms with Gasteiger partial charge in [0.2, 0.25) is 5.88 Å². The second kappa shape index (κ2) is 5.17. The molecule has 1 fully saturated rings. The summed E-state index contributed by atoms with van der Waals surface area (Å²) >= 11 is 1.68. The van der Waals surface area contributed by atoms with Crippen LogP contribution >= 0.6 is 11.8 Å². The first-order chi connectivity index (χ1) is 9.25. The van der Waals surface area contributed by atoms with Gasteiger partial charge in [-0.25, -0.2) is 4.79 Å². The van der Waals surface area contributed by atoms with E-state index >= 15 is 0 Å². The number of aromatic amines is 1. The monoisotopic (exact) mass is 276 g/mol. The molecule has 0 aliphatic heterocycles. The lowest BCUT2D eigenvalue weighted by Gasteiger charge is -2.02. The fraction of sp³-hybridized carbons (Fsp3) is 0.357. The van der Waals surface area contributed by atoms with Crippen LogP contribution in [-0.4, -0.2) is 14.7 Å². The number of nitrogens with one attached hydrogen (secondary N) is 1. The summed E-state index contributed by atoms with van der Waals surface area (Å²) in [5.41, 5.74) is 1.70. The highest BCUT2D eigenvalue weighted by Gasteiger charge is 2.29. The van der Waals surface area contributed by atoms with Crippen molar-refractivity contribution in [1.29, 1.82) is 0 Å². The van der Waals surface area contributed by atoms with Crippen LogP contribution in [0, 0.1) is 0 Å². The Morgan fingerprint density at radius 3 is 2.68 bits per heavy atom. The van der Waals surface area contributed by atoms with Crippen molar-refractivity contribution in [2.24, 2.45) is 0 Å². The summed E-state index contributed by atoms with van der Waals surface area (Å²) in [4.78, 5) is 14.5. The zero-order valence-electron chi connectivity index (χ0n) is 10.5. The molecule has 1 saturated carbocycles. The topological polar surface area (TPSA) is 58.0 Å². The maximum Gasteiger partial charge on any atom is 0.328 e. The summed E-state index contributed by atoms with van der Waals surface area (Å²) in [5.74, 6) is 1.61. The molecule has 5 heteroatoms. The van der Waals surface area contributed by atoms with Crippen LogP contribution in [0.1, 0.15) is 30.1 Å². The predicted molar refractivity (Wildman–Crippen MR) is 76.4 cm³/mol. The Hall–Kier alpha value is -1.62. The van der Waals surface area contributed by atoms with Crippen LogP contribution in [0.2, 0.25) is 0 Å². The second-order valence-electron chi connectivity index (χ2n) is 4.81. The SMILES string of the molecule is O=c1[nH]c(CSCc2ccccc2)c(O)n1C1CC1. The number of thioether (sulfide) groups is 1. The molecule has 100 valence electrons. The van der Waals surface area contributed by atoms with Crippen LogP contribution in [0.25, 0.3) is 0 Å². The minimum Gasteiger partial charge on any atom is -0.493 e. The molecule has 3 rings (SSSR count). The highest BCUT2D eigenvalue weighted by Crippen LogP contribution is 2.37. The highest BCUT2D eigenvalue weighted by molar-refractivity contribution is 7.97. The molecule has 0 radical (unpaired) electrons. The van der Waals surface area contributed by atoms with E-state index in [0.717, 1.165) is 18.6 Å². The van der Waals surface area contributed by atoms with Crippen molar-refractivity contribution < 1.29 is 5.11 Å². The van der Waals surface area contributed by atoms with Crippen molar-refractivity contribution in [1.82, 2.24) is 9.55 Å². The molecule has 0 unspecified atom stereocenters. The Morgan fingerprint density at radius 2 is 2.00 bits per heavy atom. The van der Waals surface area contributed by atoms with Gasteiger partial charge < -0.3 is 10.1 Å².